The van der Waals surface area contributed by atoms with Gasteiger partial charge in [-0.05, 0) is 38.1 Å². The van der Waals surface area contributed by atoms with Crippen LogP contribution in [-0.2, 0) is 4.74 Å². The SMILES string of the molecule is O=C(c1cccc(-c2ncc[nH]2)c1)N1CCOC[C@@](O)(CN2CCCC2)C1. The molecule has 2 aromatic rings. The molecule has 2 N–H and O–H groups in total. The zero-order valence-electron chi connectivity index (χ0n) is 15.4. The Bertz CT molecular complexity index is 773. The van der Waals surface area contributed by atoms with Gasteiger partial charge in [0.05, 0.1) is 19.8 Å². The van der Waals surface area contributed by atoms with E-state index in [1.165, 1.54) is 12.8 Å². The van der Waals surface area contributed by atoms with Crippen molar-refractivity contribution in [2.24, 2.45) is 0 Å². The molecule has 1 atom stereocenters. The fourth-order valence-corrected chi connectivity index (χ4v) is 3.95. The molecule has 7 nitrogen and oxygen atoms in total. The first-order valence-corrected chi connectivity index (χ1v) is 9.55. The van der Waals surface area contributed by atoms with Crippen LogP contribution in [0.4, 0.5) is 0 Å². The van der Waals surface area contributed by atoms with Crippen molar-refractivity contribution in [3.05, 3.63) is 42.2 Å². The van der Waals surface area contributed by atoms with E-state index >= 15 is 0 Å². The van der Waals surface area contributed by atoms with Gasteiger partial charge in [0.2, 0.25) is 0 Å². The van der Waals surface area contributed by atoms with Crippen LogP contribution in [0.3, 0.4) is 0 Å². The predicted molar refractivity (Wildman–Crippen MR) is 101 cm³/mol. The molecule has 27 heavy (non-hydrogen) atoms. The number of rotatable bonds is 4. The monoisotopic (exact) mass is 370 g/mol. The number of nitrogens with one attached hydrogen (secondary N) is 1. The van der Waals surface area contributed by atoms with E-state index in [-0.39, 0.29) is 19.1 Å². The first kappa shape index (κ1) is 18.2. The summed E-state index contributed by atoms with van der Waals surface area (Å²) in [5, 5.41) is 11.1. The molecule has 0 saturated carbocycles. The van der Waals surface area contributed by atoms with Crippen molar-refractivity contribution in [3.8, 4) is 11.4 Å². The molecule has 4 rings (SSSR count). The first-order chi connectivity index (χ1) is 13.1. The average molecular weight is 370 g/mol. The number of hydrogen-bond donors (Lipinski definition) is 2. The number of nitrogens with zero attached hydrogens (tertiary/aromatic N) is 3. The molecule has 0 bridgehead atoms. The highest BCUT2D eigenvalue weighted by atomic mass is 16.5. The van der Waals surface area contributed by atoms with Crippen molar-refractivity contribution in [1.82, 2.24) is 19.8 Å². The number of aromatic nitrogens is 2. The van der Waals surface area contributed by atoms with Gasteiger partial charge in [0.15, 0.2) is 0 Å². The van der Waals surface area contributed by atoms with Crippen molar-refractivity contribution in [1.29, 1.82) is 0 Å². The minimum atomic E-state index is -1.03. The van der Waals surface area contributed by atoms with Crippen LogP contribution in [0.25, 0.3) is 11.4 Å². The van der Waals surface area contributed by atoms with E-state index in [1.807, 2.05) is 18.2 Å². The molecule has 2 fully saturated rings. The second kappa shape index (κ2) is 7.80. The molecule has 3 heterocycles. The number of likely N-dealkylation sites (tertiary alicyclic amines) is 1. The number of aliphatic hydroxyl groups is 1. The quantitative estimate of drug-likeness (QED) is 0.850. The van der Waals surface area contributed by atoms with E-state index in [1.54, 1.807) is 23.4 Å². The van der Waals surface area contributed by atoms with Crippen LogP contribution in [-0.4, -0.2) is 82.3 Å². The van der Waals surface area contributed by atoms with E-state index in [0.29, 0.717) is 25.3 Å². The molecule has 0 unspecified atom stereocenters. The maximum absolute atomic E-state index is 13.1. The number of hydrogen-bond acceptors (Lipinski definition) is 5. The summed E-state index contributed by atoms with van der Waals surface area (Å²) in [6, 6.07) is 7.42. The Morgan fingerprint density at radius 3 is 2.93 bits per heavy atom. The molecular formula is C20H26N4O3. The van der Waals surface area contributed by atoms with Crippen molar-refractivity contribution >= 4 is 5.91 Å². The van der Waals surface area contributed by atoms with Crippen LogP contribution in [0.2, 0.25) is 0 Å². The zero-order chi connectivity index (χ0) is 18.7. The lowest BCUT2D eigenvalue weighted by Crippen LogP contribution is -2.53. The highest BCUT2D eigenvalue weighted by molar-refractivity contribution is 5.95. The van der Waals surface area contributed by atoms with Crippen molar-refractivity contribution in [2.75, 3.05) is 45.9 Å². The topological polar surface area (TPSA) is 81.7 Å². The largest absolute Gasteiger partial charge is 0.384 e. The lowest BCUT2D eigenvalue weighted by molar-refractivity contribution is -0.0524. The number of carbonyl (C=O) groups excluding carboxylic acids is 1. The summed E-state index contributed by atoms with van der Waals surface area (Å²) in [4.78, 5) is 24.4. The Hall–Kier alpha value is -2.22. The molecule has 2 saturated heterocycles. The molecule has 2 aliphatic heterocycles. The average Bonchev–Trinajstić information content (AvgIpc) is 3.35. The minimum absolute atomic E-state index is 0.0891. The predicted octanol–water partition coefficient (Wildman–Crippen LogP) is 1.38. The summed E-state index contributed by atoms with van der Waals surface area (Å²) in [5.74, 6) is 0.642. The fraction of sp³-hybridized carbons (Fsp3) is 0.500. The number of ether oxygens (including phenoxy) is 1. The van der Waals surface area contributed by atoms with Gasteiger partial charge in [-0.25, -0.2) is 4.98 Å². The first-order valence-electron chi connectivity index (χ1n) is 9.55. The van der Waals surface area contributed by atoms with Gasteiger partial charge >= 0.3 is 0 Å². The Labute approximate surface area is 159 Å². The minimum Gasteiger partial charge on any atom is -0.384 e. The standard InChI is InChI=1S/C20H26N4O3/c25-19(17-5-3-4-16(12-17)18-21-6-7-22-18)24-10-11-27-15-20(26,14-24)13-23-8-1-2-9-23/h3-7,12,26H,1-2,8-11,13-15H2,(H,21,22)/t20-/m1/s1. The van der Waals surface area contributed by atoms with Gasteiger partial charge < -0.3 is 24.6 Å². The second-order valence-electron chi connectivity index (χ2n) is 7.51. The van der Waals surface area contributed by atoms with E-state index in [2.05, 4.69) is 14.9 Å². The molecule has 2 aliphatic rings. The lowest BCUT2D eigenvalue weighted by Gasteiger charge is -2.34. The number of benzene rings is 1. The normalized spacial score (nSPS) is 24.1. The van der Waals surface area contributed by atoms with Crippen LogP contribution in [0.1, 0.15) is 23.2 Å². The van der Waals surface area contributed by atoms with Crippen molar-refractivity contribution < 1.29 is 14.6 Å². The molecule has 144 valence electrons. The number of β-amino-alcohol motifs (C(OH)–C–C–N with tert-alkyl or cyclic N) is 1. The maximum Gasteiger partial charge on any atom is 0.254 e. The number of aromatic amines is 1. The molecule has 1 amide bonds. The van der Waals surface area contributed by atoms with E-state index in [4.69, 9.17) is 4.74 Å². The summed E-state index contributed by atoms with van der Waals surface area (Å²) in [6.07, 6.45) is 5.78. The number of H-pyrrole nitrogens is 1. The fourth-order valence-electron chi connectivity index (χ4n) is 3.95. The van der Waals surface area contributed by atoms with Crippen LogP contribution in [0, 0.1) is 0 Å². The van der Waals surface area contributed by atoms with Gasteiger partial charge in [0, 0.05) is 36.6 Å². The van der Waals surface area contributed by atoms with Gasteiger partial charge in [0.25, 0.3) is 5.91 Å². The molecule has 7 heteroatoms. The molecule has 1 aromatic carbocycles. The number of amides is 1. The third kappa shape index (κ3) is 4.21. The van der Waals surface area contributed by atoms with E-state index in [0.717, 1.165) is 24.5 Å². The summed E-state index contributed by atoms with van der Waals surface area (Å²) in [7, 11) is 0. The van der Waals surface area contributed by atoms with Crippen molar-refractivity contribution in [3.63, 3.8) is 0 Å². The Kier molecular flexibility index (Phi) is 5.24. The summed E-state index contributed by atoms with van der Waals surface area (Å²) < 4.78 is 5.63. The smallest absolute Gasteiger partial charge is 0.254 e. The Morgan fingerprint density at radius 1 is 1.30 bits per heavy atom. The molecule has 1 aromatic heterocycles. The van der Waals surface area contributed by atoms with E-state index in [9.17, 15) is 9.90 Å². The van der Waals surface area contributed by atoms with Gasteiger partial charge in [-0.1, -0.05) is 12.1 Å². The second-order valence-corrected chi connectivity index (χ2v) is 7.51. The van der Waals surface area contributed by atoms with Crippen LogP contribution in [0.15, 0.2) is 36.7 Å². The number of carbonyl (C=O) groups is 1. The summed E-state index contributed by atoms with van der Waals surface area (Å²) in [5.41, 5.74) is 0.424. The van der Waals surface area contributed by atoms with Gasteiger partial charge in [-0.3, -0.25) is 4.79 Å². The van der Waals surface area contributed by atoms with Crippen molar-refractivity contribution in [2.45, 2.75) is 18.4 Å². The van der Waals surface area contributed by atoms with Crippen LogP contribution in [0.5, 0.6) is 0 Å². The summed E-state index contributed by atoms with van der Waals surface area (Å²) >= 11 is 0. The van der Waals surface area contributed by atoms with E-state index < -0.39 is 5.60 Å². The number of imidazole rings is 1. The van der Waals surface area contributed by atoms with Gasteiger partial charge in [-0.2, -0.15) is 0 Å². The molecule has 0 radical (unpaired) electrons. The summed E-state index contributed by atoms with van der Waals surface area (Å²) in [6.45, 7) is 4.01. The Morgan fingerprint density at radius 2 is 2.15 bits per heavy atom. The highest BCUT2D eigenvalue weighted by Gasteiger charge is 2.36. The van der Waals surface area contributed by atoms with Crippen LogP contribution < -0.4 is 0 Å². The van der Waals surface area contributed by atoms with Crippen LogP contribution >= 0.6 is 0 Å². The zero-order valence-corrected chi connectivity index (χ0v) is 15.4. The lowest BCUT2D eigenvalue weighted by atomic mass is 10.0. The Balaban J connectivity index is 1.51. The van der Waals surface area contributed by atoms with Gasteiger partial charge in [0.1, 0.15) is 11.4 Å². The third-order valence-corrected chi connectivity index (χ3v) is 5.25. The maximum atomic E-state index is 13.1. The third-order valence-electron chi connectivity index (χ3n) is 5.25. The van der Waals surface area contributed by atoms with Gasteiger partial charge in [-0.15, -0.1) is 0 Å². The molecular weight excluding hydrogens is 344 g/mol. The molecule has 0 spiro atoms. The molecule has 0 aliphatic carbocycles. The highest BCUT2D eigenvalue weighted by Crippen LogP contribution is 2.21.